The number of nitrogens with zero attached hydrogens (tertiary/aromatic N) is 2. The summed E-state index contributed by atoms with van der Waals surface area (Å²) >= 11 is 0. The van der Waals surface area contributed by atoms with Crippen LogP contribution in [0.25, 0.3) is 0 Å². The minimum Gasteiger partial charge on any atom is -0.365 e. The summed E-state index contributed by atoms with van der Waals surface area (Å²) in [6, 6.07) is 18.0. The van der Waals surface area contributed by atoms with Gasteiger partial charge in [-0.2, -0.15) is 0 Å². The maximum atomic E-state index is 12.5. The van der Waals surface area contributed by atoms with E-state index in [1.807, 2.05) is 29.2 Å². The Hall–Kier alpha value is -1.75. The van der Waals surface area contributed by atoms with Gasteiger partial charge in [0.1, 0.15) is 0 Å². The summed E-state index contributed by atoms with van der Waals surface area (Å²) in [5, 5.41) is 0. The van der Waals surface area contributed by atoms with Crippen molar-refractivity contribution in [2.45, 2.75) is 25.9 Å². The van der Waals surface area contributed by atoms with Crippen LogP contribution in [0.1, 0.15) is 18.9 Å². The van der Waals surface area contributed by atoms with Gasteiger partial charge in [0.25, 0.3) is 0 Å². The average Bonchev–Trinajstić information content (AvgIpc) is 2.75. The summed E-state index contributed by atoms with van der Waals surface area (Å²) in [7, 11) is 0. The summed E-state index contributed by atoms with van der Waals surface area (Å²) in [5.74, 6) is -0.0148. The molecular weight excluding hydrogens is 357 g/mol. The largest absolute Gasteiger partial charge is 0.365 e. The third-order valence-electron chi connectivity index (χ3n) is 4.19. The van der Waals surface area contributed by atoms with Crippen molar-refractivity contribution in [3.8, 4) is 0 Å². The molecule has 2 N–H and O–H groups in total. The number of para-hydroxylation sites is 2. The predicted octanol–water partition coefficient (Wildman–Crippen LogP) is 3.62. The highest BCUT2D eigenvalue weighted by Crippen LogP contribution is 2.33. The molecule has 1 aliphatic heterocycles. The summed E-state index contributed by atoms with van der Waals surface area (Å²) in [6.07, 6.45) is 0.931. The van der Waals surface area contributed by atoms with Gasteiger partial charge in [-0.3, -0.25) is 4.79 Å². The number of fused-ring (bicyclic) bond motifs is 1. The van der Waals surface area contributed by atoms with Crippen molar-refractivity contribution in [2.75, 3.05) is 22.9 Å². The molecule has 0 aliphatic carbocycles. The first-order chi connectivity index (χ1) is 11.2. The first kappa shape index (κ1) is 21.3. The van der Waals surface area contributed by atoms with Crippen molar-refractivity contribution in [1.29, 1.82) is 0 Å². The van der Waals surface area contributed by atoms with Gasteiger partial charge < -0.3 is 15.5 Å². The fourth-order valence-corrected chi connectivity index (χ4v) is 3.06. The van der Waals surface area contributed by atoms with Crippen LogP contribution in [-0.4, -0.2) is 25.0 Å². The van der Waals surface area contributed by atoms with Crippen LogP contribution < -0.4 is 15.5 Å². The highest BCUT2D eigenvalue weighted by molar-refractivity contribution is 6.00. The van der Waals surface area contributed by atoms with E-state index in [-0.39, 0.29) is 30.7 Å². The molecule has 136 valence electrons. The fraction of sp³-hybridized carbons (Fsp3) is 0.316. The van der Waals surface area contributed by atoms with E-state index in [0.29, 0.717) is 6.54 Å². The van der Waals surface area contributed by atoms with E-state index >= 15 is 0 Å². The number of hydrogen-bond donors (Lipinski definition) is 1. The maximum Gasteiger partial charge on any atom is 0.243 e. The van der Waals surface area contributed by atoms with Crippen LogP contribution in [-0.2, 0) is 11.3 Å². The number of halogens is 2. The number of anilines is 2. The first-order valence-electron chi connectivity index (χ1n) is 8.11. The van der Waals surface area contributed by atoms with E-state index in [0.717, 1.165) is 30.9 Å². The van der Waals surface area contributed by atoms with Crippen molar-refractivity contribution >= 4 is 42.1 Å². The Morgan fingerprint density at radius 3 is 2.24 bits per heavy atom. The molecule has 1 unspecified atom stereocenters. The van der Waals surface area contributed by atoms with Crippen molar-refractivity contribution in [2.24, 2.45) is 5.73 Å². The second-order valence-corrected chi connectivity index (χ2v) is 6.03. The van der Waals surface area contributed by atoms with Gasteiger partial charge in [0.15, 0.2) is 0 Å². The second kappa shape index (κ2) is 9.66. The topological polar surface area (TPSA) is 49.6 Å². The van der Waals surface area contributed by atoms with Gasteiger partial charge in [-0.05, 0) is 31.0 Å². The summed E-state index contributed by atoms with van der Waals surface area (Å²) in [4.78, 5) is 16.6. The van der Waals surface area contributed by atoms with Gasteiger partial charge >= 0.3 is 0 Å². The van der Waals surface area contributed by atoms with Gasteiger partial charge in [0.05, 0.1) is 17.4 Å². The molecule has 1 aliphatic rings. The first-order valence-corrected chi connectivity index (χ1v) is 8.11. The molecule has 0 saturated heterocycles. The lowest BCUT2D eigenvalue weighted by Crippen LogP contribution is -2.42. The van der Waals surface area contributed by atoms with E-state index in [1.54, 1.807) is 6.92 Å². The van der Waals surface area contributed by atoms with Crippen LogP contribution in [0.4, 0.5) is 11.4 Å². The monoisotopic (exact) mass is 381 g/mol. The summed E-state index contributed by atoms with van der Waals surface area (Å²) in [6.45, 7) is 4.23. The normalized spacial score (nSPS) is 14.5. The molecular formula is C19H25Cl2N3O. The zero-order valence-electron chi connectivity index (χ0n) is 14.3. The molecule has 0 bridgehead atoms. The Morgan fingerprint density at radius 2 is 1.60 bits per heavy atom. The Balaban J connectivity index is 0.00000156. The number of carbonyl (C=O) groups excluding carboxylic acids is 1. The molecule has 0 aromatic heterocycles. The van der Waals surface area contributed by atoms with Crippen LogP contribution in [0.5, 0.6) is 0 Å². The molecule has 2 aromatic carbocycles. The Bertz CT molecular complexity index is 679. The van der Waals surface area contributed by atoms with E-state index in [2.05, 4.69) is 35.2 Å². The summed E-state index contributed by atoms with van der Waals surface area (Å²) in [5.41, 5.74) is 9.16. The van der Waals surface area contributed by atoms with E-state index in [4.69, 9.17) is 5.73 Å². The second-order valence-electron chi connectivity index (χ2n) is 6.03. The van der Waals surface area contributed by atoms with Crippen LogP contribution in [0, 0.1) is 0 Å². The molecule has 0 radical (unpaired) electrons. The van der Waals surface area contributed by atoms with Crippen molar-refractivity contribution in [3.63, 3.8) is 0 Å². The van der Waals surface area contributed by atoms with Gasteiger partial charge in [0.2, 0.25) is 5.91 Å². The number of nitrogens with two attached hydrogens (primary N) is 1. The molecule has 6 heteroatoms. The minimum atomic E-state index is -0.483. The molecule has 1 heterocycles. The van der Waals surface area contributed by atoms with Crippen LogP contribution in [0.2, 0.25) is 0 Å². The zero-order chi connectivity index (χ0) is 16.2. The molecule has 4 nitrogen and oxygen atoms in total. The molecule has 0 saturated carbocycles. The highest BCUT2D eigenvalue weighted by atomic mass is 35.5. The number of carbonyl (C=O) groups is 1. The van der Waals surface area contributed by atoms with Crippen molar-refractivity contribution in [1.82, 2.24) is 0 Å². The van der Waals surface area contributed by atoms with Gasteiger partial charge in [-0.1, -0.05) is 42.5 Å². The lowest BCUT2D eigenvalue weighted by molar-refractivity contribution is -0.119. The maximum absolute atomic E-state index is 12.5. The summed E-state index contributed by atoms with van der Waals surface area (Å²) < 4.78 is 0. The quantitative estimate of drug-likeness (QED) is 0.882. The zero-order valence-corrected chi connectivity index (χ0v) is 15.9. The van der Waals surface area contributed by atoms with Gasteiger partial charge in [-0.25, -0.2) is 0 Å². The van der Waals surface area contributed by atoms with E-state index < -0.39 is 6.04 Å². The number of hydrogen-bond acceptors (Lipinski definition) is 3. The molecule has 25 heavy (non-hydrogen) atoms. The van der Waals surface area contributed by atoms with Crippen molar-refractivity contribution in [3.05, 3.63) is 60.2 Å². The fourth-order valence-electron chi connectivity index (χ4n) is 3.06. The number of amides is 1. The highest BCUT2D eigenvalue weighted by Gasteiger charge is 2.26. The van der Waals surface area contributed by atoms with E-state index in [1.165, 1.54) is 5.56 Å². The smallest absolute Gasteiger partial charge is 0.243 e. The molecule has 2 aromatic rings. The lowest BCUT2D eigenvalue weighted by atomic mass is 10.1. The Kier molecular flexibility index (Phi) is 8.23. The van der Waals surface area contributed by atoms with E-state index in [9.17, 15) is 4.79 Å². The predicted molar refractivity (Wildman–Crippen MR) is 109 cm³/mol. The molecule has 0 spiro atoms. The van der Waals surface area contributed by atoms with Crippen LogP contribution >= 0.6 is 24.8 Å². The standard InChI is InChI=1S/C19H23N3O.2ClH/c1-15(20)19(23)22-13-7-12-21(14-16-8-3-2-4-9-16)17-10-5-6-11-18(17)22;;/h2-6,8-11,15H,7,12-14,20H2,1H3;2*1H. The lowest BCUT2D eigenvalue weighted by Gasteiger charge is -2.27. The van der Waals surface area contributed by atoms with Crippen LogP contribution in [0.15, 0.2) is 54.6 Å². The Labute approximate surface area is 161 Å². The molecule has 3 rings (SSSR count). The number of benzene rings is 2. The minimum absolute atomic E-state index is 0. The molecule has 1 atom stereocenters. The number of rotatable bonds is 3. The SMILES string of the molecule is CC(N)C(=O)N1CCCN(Cc2ccccc2)c2ccccc21.Cl.Cl. The third-order valence-corrected chi connectivity index (χ3v) is 4.19. The van der Waals surface area contributed by atoms with Crippen LogP contribution in [0.3, 0.4) is 0 Å². The van der Waals surface area contributed by atoms with Gasteiger partial charge in [-0.15, -0.1) is 24.8 Å². The molecule has 0 fully saturated rings. The third kappa shape index (κ3) is 4.88. The average molecular weight is 382 g/mol. The Morgan fingerprint density at radius 1 is 1.00 bits per heavy atom. The molecule has 1 amide bonds. The van der Waals surface area contributed by atoms with Crippen molar-refractivity contribution < 1.29 is 4.79 Å². The van der Waals surface area contributed by atoms with Gasteiger partial charge in [0, 0.05) is 19.6 Å².